The molecule has 7 nitrogen and oxygen atoms in total. The van der Waals surface area contributed by atoms with Crippen LogP contribution in [-0.2, 0) is 17.9 Å². The van der Waals surface area contributed by atoms with Crippen molar-refractivity contribution in [1.29, 1.82) is 0 Å². The van der Waals surface area contributed by atoms with Gasteiger partial charge in [-0.1, -0.05) is 30.3 Å². The minimum atomic E-state index is -0.120. The van der Waals surface area contributed by atoms with Crippen LogP contribution in [0.1, 0.15) is 65.5 Å². The lowest BCUT2D eigenvalue weighted by molar-refractivity contribution is 0.0657. The predicted molar refractivity (Wildman–Crippen MR) is 131 cm³/mol. The van der Waals surface area contributed by atoms with E-state index in [9.17, 15) is 4.79 Å². The Bertz CT molecular complexity index is 1310. The Labute approximate surface area is 199 Å². The zero-order chi connectivity index (χ0) is 23.7. The predicted octanol–water partition coefficient (Wildman–Crippen LogP) is 4.86. The maximum Gasteiger partial charge on any atom is 0.252 e. The smallest absolute Gasteiger partial charge is 0.252 e. The van der Waals surface area contributed by atoms with Gasteiger partial charge in [-0.15, -0.1) is 0 Å². The number of nitrogens with zero attached hydrogens (tertiary/aromatic N) is 4. The quantitative estimate of drug-likeness (QED) is 0.410. The van der Waals surface area contributed by atoms with Crippen LogP contribution in [0.5, 0.6) is 0 Å². The maximum absolute atomic E-state index is 13.4. The topological polar surface area (TPSA) is 81.9 Å². The number of aryl methyl sites for hydroxylation is 1. The van der Waals surface area contributed by atoms with Crippen LogP contribution >= 0.6 is 0 Å². The molecule has 5 rings (SSSR count). The molecule has 1 amide bonds. The SMILES string of the molecule is Cc1nn(-c2ccccn2)c2nc(C3CC3)cc(C(=O)NCc3ccc(COC(C)C)cc3)c12. The molecule has 4 aromatic rings. The molecule has 0 aliphatic heterocycles. The van der Waals surface area contributed by atoms with Gasteiger partial charge in [0.25, 0.3) is 5.91 Å². The summed E-state index contributed by atoms with van der Waals surface area (Å²) in [7, 11) is 0. The molecule has 1 fully saturated rings. The van der Waals surface area contributed by atoms with Crippen LogP contribution in [0.2, 0.25) is 0 Å². The number of ether oxygens (including phenoxy) is 1. The summed E-state index contributed by atoms with van der Waals surface area (Å²) in [5.74, 6) is 0.975. The summed E-state index contributed by atoms with van der Waals surface area (Å²) in [5, 5.41) is 8.54. The Hall–Kier alpha value is -3.58. The summed E-state index contributed by atoms with van der Waals surface area (Å²) in [4.78, 5) is 22.7. The highest BCUT2D eigenvalue weighted by Crippen LogP contribution is 2.40. The van der Waals surface area contributed by atoms with Crippen molar-refractivity contribution in [3.63, 3.8) is 0 Å². The molecule has 0 saturated heterocycles. The van der Waals surface area contributed by atoms with E-state index in [4.69, 9.17) is 9.72 Å². The Morgan fingerprint density at radius 3 is 2.59 bits per heavy atom. The number of amides is 1. The Morgan fingerprint density at radius 2 is 1.91 bits per heavy atom. The molecule has 0 bridgehead atoms. The Morgan fingerprint density at radius 1 is 1.15 bits per heavy atom. The van der Waals surface area contributed by atoms with E-state index >= 15 is 0 Å². The average molecular weight is 456 g/mol. The molecular formula is C27H29N5O2. The molecule has 1 N–H and O–H groups in total. The van der Waals surface area contributed by atoms with Gasteiger partial charge in [0.15, 0.2) is 11.5 Å². The van der Waals surface area contributed by atoms with E-state index in [2.05, 4.69) is 15.4 Å². The van der Waals surface area contributed by atoms with E-state index in [1.807, 2.05) is 69.3 Å². The molecule has 1 aromatic carbocycles. The number of nitrogens with one attached hydrogen (secondary N) is 1. The van der Waals surface area contributed by atoms with E-state index in [1.165, 1.54) is 0 Å². The number of pyridine rings is 2. The van der Waals surface area contributed by atoms with Crippen LogP contribution in [0.3, 0.4) is 0 Å². The first-order valence-corrected chi connectivity index (χ1v) is 11.8. The van der Waals surface area contributed by atoms with E-state index < -0.39 is 0 Å². The largest absolute Gasteiger partial charge is 0.374 e. The minimum Gasteiger partial charge on any atom is -0.374 e. The number of fused-ring (bicyclic) bond motifs is 1. The van der Waals surface area contributed by atoms with E-state index in [-0.39, 0.29) is 12.0 Å². The second-order valence-corrected chi connectivity index (χ2v) is 9.11. The van der Waals surface area contributed by atoms with Gasteiger partial charge >= 0.3 is 0 Å². The van der Waals surface area contributed by atoms with Gasteiger partial charge in [-0.05, 0) is 62.9 Å². The number of carbonyl (C=O) groups excluding carboxylic acids is 1. The molecule has 3 heterocycles. The average Bonchev–Trinajstić information content (AvgIpc) is 3.65. The number of hydrogen-bond donors (Lipinski definition) is 1. The van der Waals surface area contributed by atoms with Crippen molar-refractivity contribution < 1.29 is 9.53 Å². The molecule has 1 saturated carbocycles. The molecular weight excluding hydrogens is 426 g/mol. The molecule has 7 heteroatoms. The fraction of sp³-hybridized carbons (Fsp3) is 0.333. The van der Waals surface area contributed by atoms with Gasteiger partial charge in [0, 0.05) is 24.4 Å². The van der Waals surface area contributed by atoms with Crippen molar-refractivity contribution in [2.75, 3.05) is 0 Å². The highest BCUT2D eigenvalue weighted by molar-refractivity contribution is 6.06. The Balaban J connectivity index is 1.41. The van der Waals surface area contributed by atoms with E-state index in [1.54, 1.807) is 10.9 Å². The van der Waals surface area contributed by atoms with Gasteiger partial charge in [-0.3, -0.25) is 4.79 Å². The zero-order valence-corrected chi connectivity index (χ0v) is 19.8. The molecule has 0 spiro atoms. The number of aromatic nitrogens is 4. The van der Waals surface area contributed by atoms with Gasteiger partial charge in [0.1, 0.15) is 0 Å². The third-order valence-corrected chi connectivity index (χ3v) is 6.00. The van der Waals surface area contributed by atoms with Crippen molar-refractivity contribution in [3.05, 3.63) is 82.8 Å². The van der Waals surface area contributed by atoms with Crippen LogP contribution < -0.4 is 5.32 Å². The van der Waals surface area contributed by atoms with E-state index in [0.717, 1.165) is 40.7 Å². The van der Waals surface area contributed by atoms with Crippen molar-refractivity contribution in [3.8, 4) is 5.82 Å². The second-order valence-electron chi connectivity index (χ2n) is 9.11. The van der Waals surface area contributed by atoms with Crippen molar-refractivity contribution in [1.82, 2.24) is 25.1 Å². The molecule has 0 atom stereocenters. The lowest BCUT2D eigenvalue weighted by Crippen LogP contribution is -2.23. The lowest BCUT2D eigenvalue weighted by atomic mass is 10.1. The summed E-state index contributed by atoms with van der Waals surface area (Å²) in [5.41, 5.74) is 5.16. The second kappa shape index (κ2) is 9.35. The first-order chi connectivity index (χ1) is 16.5. The van der Waals surface area contributed by atoms with Crippen molar-refractivity contribution in [2.24, 2.45) is 0 Å². The summed E-state index contributed by atoms with van der Waals surface area (Å²) < 4.78 is 7.40. The molecule has 0 unspecified atom stereocenters. The third-order valence-electron chi connectivity index (χ3n) is 6.00. The highest BCUT2D eigenvalue weighted by Gasteiger charge is 2.29. The number of carbonyl (C=O) groups is 1. The number of benzene rings is 1. The van der Waals surface area contributed by atoms with Crippen LogP contribution in [-0.4, -0.2) is 31.8 Å². The molecule has 1 aliphatic rings. The van der Waals surface area contributed by atoms with Gasteiger partial charge in [-0.2, -0.15) is 9.78 Å². The monoisotopic (exact) mass is 455 g/mol. The standard InChI is InChI=1S/C27H29N5O2/c1-17(2)34-16-20-9-7-19(8-10-20)15-29-27(33)22-14-23(21-11-12-21)30-26-25(22)18(3)31-32(26)24-6-4-5-13-28-24/h4-10,13-14,17,21H,11-12,15-16H2,1-3H3,(H,29,33). The van der Waals surface area contributed by atoms with Crippen molar-refractivity contribution >= 4 is 16.9 Å². The fourth-order valence-electron chi connectivity index (χ4n) is 4.01. The summed E-state index contributed by atoms with van der Waals surface area (Å²) in [6.45, 7) is 6.99. The van der Waals surface area contributed by atoms with Crippen LogP contribution in [0.25, 0.3) is 16.9 Å². The molecule has 34 heavy (non-hydrogen) atoms. The maximum atomic E-state index is 13.4. The van der Waals surface area contributed by atoms with Crippen LogP contribution in [0.15, 0.2) is 54.7 Å². The van der Waals surface area contributed by atoms with E-state index in [0.29, 0.717) is 36.1 Å². The lowest BCUT2D eigenvalue weighted by Gasteiger charge is -2.11. The van der Waals surface area contributed by atoms with Gasteiger partial charge in [0.2, 0.25) is 0 Å². The van der Waals surface area contributed by atoms with Crippen molar-refractivity contribution in [2.45, 2.75) is 58.8 Å². The molecule has 174 valence electrons. The molecule has 1 aliphatic carbocycles. The summed E-state index contributed by atoms with van der Waals surface area (Å²) >= 11 is 0. The van der Waals surface area contributed by atoms with Crippen LogP contribution in [0.4, 0.5) is 0 Å². The third kappa shape index (κ3) is 4.70. The van der Waals surface area contributed by atoms with Gasteiger partial charge in [0.05, 0.1) is 29.4 Å². The Kier molecular flexibility index (Phi) is 6.11. The van der Waals surface area contributed by atoms with Gasteiger partial charge in [-0.25, -0.2) is 9.97 Å². The normalized spacial score (nSPS) is 13.5. The summed E-state index contributed by atoms with van der Waals surface area (Å²) in [6.07, 6.45) is 4.13. The zero-order valence-electron chi connectivity index (χ0n) is 19.8. The molecule has 3 aromatic heterocycles. The molecule has 0 radical (unpaired) electrons. The summed E-state index contributed by atoms with van der Waals surface area (Å²) in [6, 6.07) is 15.8. The first-order valence-electron chi connectivity index (χ1n) is 11.8. The van der Waals surface area contributed by atoms with Gasteiger partial charge < -0.3 is 10.1 Å². The minimum absolute atomic E-state index is 0.120. The number of hydrogen-bond acceptors (Lipinski definition) is 5. The first kappa shape index (κ1) is 22.2. The fourth-order valence-corrected chi connectivity index (χ4v) is 4.01. The number of rotatable bonds is 8. The van der Waals surface area contributed by atoms with Crippen LogP contribution in [0, 0.1) is 6.92 Å². The highest BCUT2D eigenvalue weighted by atomic mass is 16.5.